The van der Waals surface area contributed by atoms with Crippen molar-refractivity contribution in [1.82, 2.24) is 29.9 Å². The summed E-state index contributed by atoms with van der Waals surface area (Å²) in [6, 6.07) is 11.9. The number of ether oxygens (including phenoxy) is 3. The summed E-state index contributed by atoms with van der Waals surface area (Å²) < 4.78 is 74.9. The highest BCUT2D eigenvalue weighted by Gasteiger charge is 2.44. The number of rotatable bonds is 13. The van der Waals surface area contributed by atoms with Crippen LogP contribution in [0.3, 0.4) is 0 Å². The Balaban J connectivity index is 1.54. The second-order valence-electron chi connectivity index (χ2n) is 16.3. The van der Waals surface area contributed by atoms with E-state index in [1.54, 1.807) is 58.9 Å². The van der Waals surface area contributed by atoms with Gasteiger partial charge < -0.3 is 36.7 Å². The molecule has 0 aliphatic carbocycles. The summed E-state index contributed by atoms with van der Waals surface area (Å²) in [4.78, 5) is 50.2. The van der Waals surface area contributed by atoms with E-state index in [9.17, 15) is 22.4 Å². The van der Waals surface area contributed by atoms with Crippen LogP contribution in [-0.4, -0.2) is 71.8 Å². The number of aromatic nitrogens is 5. The van der Waals surface area contributed by atoms with Crippen LogP contribution in [0.2, 0.25) is 0 Å². The molecule has 0 bridgehead atoms. The molecular weight excluding hydrogens is 882 g/mol. The van der Waals surface area contributed by atoms with Gasteiger partial charge in [0.2, 0.25) is 0 Å². The fraction of sp³-hybridized carbons (Fsp3) is 0.341. The van der Waals surface area contributed by atoms with E-state index in [4.69, 9.17) is 31.4 Å². The van der Waals surface area contributed by atoms with Crippen molar-refractivity contribution >= 4 is 51.1 Å². The summed E-state index contributed by atoms with van der Waals surface area (Å²) in [5.41, 5.74) is 14.3. The van der Waals surface area contributed by atoms with Gasteiger partial charge in [-0.1, -0.05) is 24.3 Å². The van der Waals surface area contributed by atoms with E-state index in [1.165, 1.54) is 38.4 Å². The zero-order valence-corrected chi connectivity index (χ0v) is 36.4. The Kier molecular flexibility index (Phi) is 13.8. The molecule has 0 radical (unpaired) electrons. The summed E-state index contributed by atoms with van der Waals surface area (Å²) in [6.45, 7) is 11.0. The minimum Gasteiger partial charge on any atom is -0.473 e. The van der Waals surface area contributed by atoms with E-state index >= 15 is 4.79 Å². The van der Waals surface area contributed by atoms with Gasteiger partial charge in [0, 0.05) is 23.8 Å². The van der Waals surface area contributed by atoms with Crippen molar-refractivity contribution in [3.05, 3.63) is 100 Å². The molecule has 21 heteroatoms. The van der Waals surface area contributed by atoms with E-state index in [0.717, 1.165) is 22.2 Å². The number of amides is 2. The molecule has 2 aromatic carbocycles. The predicted molar refractivity (Wildman–Crippen MR) is 227 cm³/mol. The monoisotopic (exact) mass is 927 g/mol. The number of hydrazine groups is 1. The Morgan fingerprint density at radius 1 is 0.806 bits per heavy atom. The van der Waals surface area contributed by atoms with Gasteiger partial charge >= 0.3 is 12.3 Å². The molecule has 16 nitrogen and oxygen atoms in total. The lowest BCUT2D eigenvalue weighted by molar-refractivity contribution is -0.137. The number of hydrogen-bond donors (Lipinski definition) is 4. The van der Waals surface area contributed by atoms with Gasteiger partial charge in [-0.15, -0.1) is 0 Å². The third kappa shape index (κ3) is 12.1. The Morgan fingerprint density at radius 3 is 2.00 bits per heavy atom. The van der Waals surface area contributed by atoms with Crippen LogP contribution in [-0.2, 0) is 17.5 Å². The number of benzene rings is 2. The largest absolute Gasteiger partial charge is 0.473 e. The molecule has 5 aromatic rings. The number of nitrogen functional groups attached to an aromatic ring is 2. The maximum atomic E-state index is 15.0. The normalized spacial score (nSPS) is 12.1. The molecule has 62 heavy (non-hydrogen) atoms. The molecule has 7 N–H and O–H groups in total. The molecule has 3 heterocycles. The molecule has 0 saturated heterocycles. The van der Waals surface area contributed by atoms with Gasteiger partial charge in [0.15, 0.2) is 11.6 Å². The molecule has 0 unspecified atom stereocenters. The second-order valence-corrected chi connectivity index (χ2v) is 17.1. The summed E-state index contributed by atoms with van der Waals surface area (Å²) in [6.07, 6.45) is -2.66. The predicted octanol–water partition coefficient (Wildman–Crippen LogP) is 7.80. The Morgan fingerprint density at radius 2 is 1.40 bits per heavy atom. The third-order valence-corrected chi connectivity index (χ3v) is 8.79. The maximum absolute atomic E-state index is 15.0. The first kappa shape index (κ1) is 46.7. The molecule has 0 aliphatic heterocycles. The summed E-state index contributed by atoms with van der Waals surface area (Å²) >= 11 is 3.20. The van der Waals surface area contributed by atoms with Gasteiger partial charge in [0.25, 0.3) is 17.7 Å². The first-order chi connectivity index (χ1) is 28.8. The maximum Gasteiger partial charge on any atom is 0.430 e. The van der Waals surface area contributed by atoms with Crippen molar-refractivity contribution in [3.8, 4) is 23.0 Å². The minimum absolute atomic E-state index is 0.0347. The van der Waals surface area contributed by atoms with Crippen molar-refractivity contribution in [2.24, 2.45) is 5.73 Å². The molecular formula is C41H46BrF4N11O5. The second kappa shape index (κ2) is 18.3. The van der Waals surface area contributed by atoms with Crippen LogP contribution in [0.1, 0.15) is 70.0 Å². The van der Waals surface area contributed by atoms with E-state index in [2.05, 4.69) is 46.2 Å². The standard InChI is InChI=1S/C41H46BrF4N11O5/c1-38(2,3)62-37(59)57(40(6,7)22-61-35-32(48)51-20-30(42)55-35)56(27-14-12-26(43)13-15-27)36(58)28-16-25(41(44,45)46)18-53-33(28)52-17-23-8-10-24(11-9-23)29-19-50-31(47)34(54-29)60-21-39(4,5)49/h8-16,18-20H,17,21-22,49H2,1-7H3,(H2,47,50)(H2,48,51)(H,52,53). The van der Waals surface area contributed by atoms with Gasteiger partial charge in [0.05, 0.1) is 40.4 Å². The lowest BCUT2D eigenvalue weighted by Gasteiger charge is -2.44. The minimum atomic E-state index is -4.93. The number of nitrogens with one attached hydrogen (secondary N) is 1. The van der Waals surface area contributed by atoms with Crippen LogP contribution in [0.25, 0.3) is 11.3 Å². The number of anilines is 4. The number of carbonyl (C=O) groups excluding carboxylic acids is 2. The van der Waals surface area contributed by atoms with Gasteiger partial charge in [-0.3, -0.25) is 4.79 Å². The number of carbonyl (C=O) groups is 2. The number of halogens is 5. The van der Waals surface area contributed by atoms with Crippen LogP contribution in [0, 0.1) is 5.82 Å². The first-order valence-corrected chi connectivity index (χ1v) is 19.6. The molecule has 0 saturated carbocycles. The van der Waals surface area contributed by atoms with Gasteiger partial charge in [0.1, 0.15) is 35.1 Å². The Labute approximate surface area is 363 Å². The molecule has 3 aromatic heterocycles. The van der Waals surface area contributed by atoms with Gasteiger partial charge in [-0.2, -0.15) is 13.2 Å². The molecule has 0 atom stereocenters. The molecule has 2 amide bonds. The van der Waals surface area contributed by atoms with Gasteiger partial charge in [-0.05, 0) is 100 Å². The lowest BCUT2D eigenvalue weighted by Crippen LogP contribution is -2.62. The SMILES string of the molecule is CC(C)(N)COc1nc(-c2ccc(CNc3ncc(C(F)(F)F)cc3C(=O)N(c3ccc(F)cc3)N(C(=O)OC(C)(C)C)C(C)(C)COc3nc(Br)cnc3N)cc2)cnc1N. The number of hydrogen-bond acceptors (Lipinski definition) is 14. The highest BCUT2D eigenvalue weighted by Crippen LogP contribution is 2.35. The van der Waals surface area contributed by atoms with E-state index < -0.39 is 58.4 Å². The molecule has 330 valence electrons. The van der Waals surface area contributed by atoms with E-state index in [0.29, 0.717) is 29.1 Å². The van der Waals surface area contributed by atoms with E-state index in [-0.39, 0.29) is 52.7 Å². The topological polar surface area (TPSA) is 223 Å². The lowest BCUT2D eigenvalue weighted by atomic mass is 10.1. The quantitative estimate of drug-likeness (QED) is 0.0654. The van der Waals surface area contributed by atoms with Crippen LogP contribution < -0.4 is 37.0 Å². The zero-order chi connectivity index (χ0) is 45.8. The molecule has 0 fully saturated rings. The Hall–Kier alpha value is -6.35. The van der Waals surface area contributed by atoms with Crippen molar-refractivity contribution in [3.63, 3.8) is 0 Å². The first-order valence-electron chi connectivity index (χ1n) is 18.8. The van der Waals surface area contributed by atoms with Crippen molar-refractivity contribution < 1.29 is 41.4 Å². The average molecular weight is 929 g/mol. The van der Waals surface area contributed by atoms with Crippen molar-refractivity contribution in [1.29, 1.82) is 0 Å². The van der Waals surface area contributed by atoms with Gasteiger partial charge in [-0.25, -0.2) is 44.1 Å². The summed E-state index contributed by atoms with van der Waals surface area (Å²) in [5.74, 6) is -2.17. The van der Waals surface area contributed by atoms with Crippen LogP contribution in [0.5, 0.6) is 11.8 Å². The third-order valence-electron chi connectivity index (χ3n) is 8.41. The van der Waals surface area contributed by atoms with Crippen molar-refractivity contribution in [2.75, 3.05) is 35.0 Å². The Bertz CT molecular complexity index is 2390. The highest BCUT2D eigenvalue weighted by atomic mass is 79.9. The van der Waals surface area contributed by atoms with Crippen molar-refractivity contribution in [2.45, 2.75) is 77.9 Å². The number of pyridine rings is 1. The van der Waals surface area contributed by atoms with Crippen LogP contribution in [0.4, 0.5) is 45.5 Å². The van der Waals surface area contributed by atoms with E-state index in [1.807, 2.05) is 0 Å². The highest BCUT2D eigenvalue weighted by molar-refractivity contribution is 9.10. The average Bonchev–Trinajstić information content (AvgIpc) is 3.18. The summed E-state index contributed by atoms with van der Waals surface area (Å²) in [5, 5.41) is 4.61. The molecule has 5 rings (SSSR count). The number of alkyl halides is 3. The van der Waals surface area contributed by atoms with Crippen LogP contribution in [0.15, 0.2) is 77.8 Å². The molecule has 0 spiro atoms. The molecule has 0 aliphatic rings. The fourth-order valence-electron chi connectivity index (χ4n) is 5.48. The number of nitrogens with zero attached hydrogens (tertiary/aromatic N) is 7. The fourth-order valence-corrected chi connectivity index (χ4v) is 5.75. The zero-order valence-electron chi connectivity index (χ0n) is 34.8. The summed E-state index contributed by atoms with van der Waals surface area (Å²) in [7, 11) is 0. The number of nitrogens with two attached hydrogens (primary N) is 3. The van der Waals surface area contributed by atoms with Crippen LogP contribution >= 0.6 is 15.9 Å². The smallest absolute Gasteiger partial charge is 0.430 e.